The first-order valence-electron chi connectivity index (χ1n) is 11.4. The van der Waals surface area contributed by atoms with E-state index in [1.165, 1.54) is 22.2 Å². The van der Waals surface area contributed by atoms with Crippen molar-refractivity contribution in [2.75, 3.05) is 18.9 Å². The molecule has 0 bridgehead atoms. The molecule has 0 saturated carbocycles. The first-order valence-corrected chi connectivity index (χ1v) is 11.4. The fourth-order valence-corrected chi connectivity index (χ4v) is 4.22. The fourth-order valence-electron chi connectivity index (χ4n) is 4.22. The van der Waals surface area contributed by atoms with Crippen LogP contribution in [0.5, 0.6) is 0 Å². The van der Waals surface area contributed by atoms with Crippen LogP contribution >= 0.6 is 0 Å². The molecule has 0 aliphatic heterocycles. The number of amides is 1. The van der Waals surface area contributed by atoms with Gasteiger partial charge >= 0.3 is 6.09 Å². The number of aldehydes is 1. The van der Waals surface area contributed by atoms with E-state index in [9.17, 15) is 14.4 Å². The predicted octanol–water partition coefficient (Wildman–Crippen LogP) is 3.66. The van der Waals surface area contributed by atoms with E-state index < -0.39 is 11.7 Å². The molecule has 178 valence electrons. The fraction of sp³-hybridized carbons (Fsp3) is 0.385. The zero-order chi connectivity index (χ0) is 24.5. The lowest BCUT2D eigenvalue weighted by Crippen LogP contribution is -2.36. The second-order valence-electron chi connectivity index (χ2n) is 9.74. The van der Waals surface area contributed by atoms with Crippen molar-refractivity contribution in [3.63, 3.8) is 0 Å². The molecule has 4 rings (SSSR count). The van der Waals surface area contributed by atoms with E-state index in [-0.39, 0.29) is 17.0 Å². The van der Waals surface area contributed by atoms with Crippen LogP contribution < -0.4 is 10.7 Å². The summed E-state index contributed by atoms with van der Waals surface area (Å²) in [7, 11) is 1.65. The number of hydrogen-bond acceptors (Lipinski definition) is 6. The summed E-state index contributed by atoms with van der Waals surface area (Å²) >= 11 is 0. The van der Waals surface area contributed by atoms with Crippen LogP contribution in [0, 0.1) is 0 Å². The Bertz CT molecular complexity index is 1270. The van der Waals surface area contributed by atoms with Gasteiger partial charge in [-0.15, -0.1) is 0 Å². The van der Waals surface area contributed by atoms with E-state index in [1.54, 1.807) is 23.9 Å². The number of anilines is 1. The molecule has 0 atom stereocenters. The van der Waals surface area contributed by atoms with Gasteiger partial charge in [0.05, 0.1) is 22.8 Å². The van der Waals surface area contributed by atoms with E-state index >= 15 is 0 Å². The minimum absolute atomic E-state index is 0.0552. The predicted molar refractivity (Wildman–Crippen MR) is 132 cm³/mol. The van der Waals surface area contributed by atoms with Crippen LogP contribution in [-0.4, -0.2) is 52.1 Å². The number of benzene rings is 1. The molecule has 1 amide bonds. The number of pyridine rings is 2. The Kier molecular flexibility index (Phi) is 6.41. The van der Waals surface area contributed by atoms with Crippen LogP contribution in [0.25, 0.3) is 11.0 Å². The van der Waals surface area contributed by atoms with Crippen molar-refractivity contribution in [3.8, 4) is 0 Å². The number of nitrogens with one attached hydrogen (secondary N) is 1. The molecule has 1 N–H and O–H groups in total. The highest BCUT2D eigenvalue weighted by molar-refractivity contribution is 5.85. The number of aromatic nitrogens is 2. The van der Waals surface area contributed by atoms with Crippen molar-refractivity contribution in [2.24, 2.45) is 0 Å². The van der Waals surface area contributed by atoms with Crippen molar-refractivity contribution < 1.29 is 14.3 Å². The van der Waals surface area contributed by atoms with Crippen molar-refractivity contribution in [2.45, 2.75) is 51.8 Å². The Hall–Kier alpha value is -3.68. The molecule has 8 nitrogen and oxygen atoms in total. The number of fused-ring (bicyclic) bond motifs is 2. The number of carbonyl (C=O) groups is 2. The highest BCUT2D eigenvalue weighted by atomic mass is 16.6. The third kappa shape index (κ3) is 5.11. The molecule has 1 aliphatic rings. The van der Waals surface area contributed by atoms with E-state index in [2.05, 4.69) is 22.4 Å². The number of carbonyl (C=O) groups excluding carboxylic acids is 2. The van der Waals surface area contributed by atoms with E-state index in [1.807, 2.05) is 32.9 Å². The van der Waals surface area contributed by atoms with Crippen LogP contribution in [0.3, 0.4) is 0 Å². The summed E-state index contributed by atoms with van der Waals surface area (Å²) in [6.45, 7) is 6.11. The minimum Gasteiger partial charge on any atom is -0.444 e. The molecule has 0 radical (unpaired) electrons. The third-order valence-electron chi connectivity index (χ3n) is 5.87. The Labute approximate surface area is 198 Å². The largest absolute Gasteiger partial charge is 0.444 e. The Morgan fingerprint density at radius 2 is 1.94 bits per heavy atom. The van der Waals surface area contributed by atoms with Gasteiger partial charge < -0.3 is 19.5 Å². The molecule has 0 spiro atoms. The van der Waals surface area contributed by atoms with Crippen molar-refractivity contribution in [3.05, 3.63) is 69.6 Å². The Balaban J connectivity index is 1.55. The number of nitrogens with zero attached hydrogens (tertiary/aromatic N) is 3. The van der Waals surface area contributed by atoms with Gasteiger partial charge in [-0.2, -0.15) is 0 Å². The highest BCUT2D eigenvalue weighted by Crippen LogP contribution is 2.25. The van der Waals surface area contributed by atoms with Gasteiger partial charge in [-0.3, -0.25) is 9.59 Å². The molecule has 34 heavy (non-hydrogen) atoms. The van der Waals surface area contributed by atoms with Crippen molar-refractivity contribution in [1.29, 1.82) is 0 Å². The number of rotatable bonds is 6. The third-order valence-corrected chi connectivity index (χ3v) is 5.87. The monoisotopic (exact) mass is 462 g/mol. The smallest absolute Gasteiger partial charge is 0.410 e. The standard InChI is InChI=1S/C26H30N4O4/c1-26(2,3)34-25(33)29(4)9-10-30-15-19(16-31)23(32)22-13-21(14-27-24(22)30)28-20-11-17-7-5-6-8-18(17)12-20/h5-8,13-16,20,28H,9-12H2,1-4H3. The average Bonchev–Trinajstić information content (AvgIpc) is 3.19. The Morgan fingerprint density at radius 1 is 1.26 bits per heavy atom. The number of likely N-dealkylation sites (N-methyl/N-ethyl adjacent to an activating group) is 1. The van der Waals surface area contributed by atoms with E-state index in [4.69, 9.17) is 4.74 Å². The van der Waals surface area contributed by atoms with Crippen LogP contribution in [0.4, 0.5) is 10.5 Å². The molecule has 1 aliphatic carbocycles. The minimum atomic E-state index is -0.592. The molecule has 3 aromatic rings. The summed E-state index contributed by atoms with van der Waals surface area (Å²) in [5.74, 6) is 0. The van der Waals surface area contributed by atoms with Gasteiger partial charge in [-0.25, -0.2) is 9.78 Å². The summed E-state index contributed by atoms with van der Waals surface area (Å²) in [4.78, 5) is 42.7. The molecule has 2 heterocycles. The topological polar surface area (TPSA) is 93.5 Å². The summed E-state index contributed by atoms with van der Waals surface area (Å²) in [6, 6.07) is 10.3. The lowest BCUT2D eigenvalue weighted by molar-refractivity contribution is 0.0293. The van der Waals surface area contributed by atoms with Gasteiger partial charge in [0, 0.05) is 32.4 Å². The number of ether oxygens (including phenoxy) is 1. The van der Waals surface area contributed by atoms with Gasteiger partial charge in [0.1, 0.15) is 11.2 Å². The van der Waals surface area contributed by atoms with Crippen molar-refractivity contribution >= 4 is 29.1 Å². The molecule has 0 saturated heterocycles. The summed E-state index contributed by atoms with van der Waals surface area (Å²) in [5, 5.41) is 3.85. The molecule has 0 fully saturated rings. The highest BCUT2D eigenvalue weighted by Gasteiger charge is 2.22. The average molecular weight is 463 g/mol. The summed E-state index contributed by atoms with van der Waals surface area (Å²) in [6.07, 6.45) is 5.13. The van der Waals surface area contributed by atoms with Crippen molar-refractivity contribution in [1.82, 2.24) is 14.5 Å². The quantitative estimate of drug-likeness (QED) is 0.562. The van der Waals surface area contributed by atoms with Gasteiger partial charge in [0.25, 0.3) is 0 Å². The second kappa shape index (κ2) is 9.29. The molecular formula is C26H30N4O4. The van der Waals surface area contributed by atoms with Gasteiger partial charge in [0.2, 0.25) is 5.43 Å². The van der Waals surface area contributed by atoms with Crippen LogP contribution in [0.2, 0.25) is 0 Å². The van der Waals surface area contributed by atoms with E-state index in [0.29, 0.717) is 30.4 Å². The normalized spacial score (nSPS) is 13.5. The maximum Gasteiger partial charge on any atom is 0.410 e. The second-order valence-corrected chi connectivity index (χ2v) is 9.74. The first kappa shape index (κ1) is 23.5. The summed E-state index contributed by atoms with van der Waals surface area (Å²) in [5.41, 5.74) is 2.97. The molecule has 1 aromatic carbocycles. The van der Waals surface area contributed by atoms with Gasteiger partial charge in [-0.05, 0) is 50.8 Å². The molecular weight excluding hydrogens is 432 g/mol. The SMILES string of the molecule is CN(CCn1cc(C=O)c(=O)c2cc(NC3Cc4ccccc4C3)cnc21)C(=O)OC(C)(C)C. The van der Waals surface area contributed by atoms with Gasteiger partial charge in [0.15, 0.2) is 6.29 Å². The molecule has 2 aromatic heterocycles. The maximum absolute atomic E-state index is 12.9. The first-order chi connectivity index (χ1) is 16.1. The molecule has 0 unspecified atom stereocenters. The molecule has 8 heteroatoms. The Morgan fingerprint density at radius 3 is 2.56 bits per heavy atom. The maximum atomic E-state index is 12.9. The zero-order valence-corrected chi connectivity index (χ0v) is 20.0. The summed E-state index contributed by atoms with van der Waals surface area (Å²) < 4.78 is 7.12. The van der Waals surface area contributed by atoms with Crippen LogP contribution in [-0.2, 0) is 24.1 Å². The lowest BCUT2D eigenvalue weighted by atomic mass is 10.1. The van der Waals surface area contributed by atoms with E-state index in [0.717, 1.165) is 18.5 Å². The van der Waals surface area contributed by atoms with Gasteiger partial charge in [-0.1, -0.05) is 24.3 Å². The zero-order valence-electron chi connectivity index (χ0n) is 20.0. The van der Waals surface area contributed by atoms with Crippen LogP contribution in [0.15, 0.2) is 47.5 Å². The number of hydrogen-bond donors (Lipinski definition) is 1. The van der Waals surface area contributed by atoms with Crippen LogP contribution in [0.1, 0.15) is 42.3 Å². The lowest BCUT2D eigenvalue weighted by Gasteiger charge is -2.25.